The lowest BCUT2D eigenvalue weighted by molar-refractivity contribution is 0.0514. The molecule has 0 aromatic heterocycles. The standard InChI is InChI=1S/C17H25NO3/c1-3-12-7-5-8-13(11-12)21-16-14(17(19)20-4-2)9-6-10-15(16)18/h6,9-10,12-13H,3-5,7-8,11,18H2,1-2H3. The highest BCUT2D eigenvalue weighted by atomic mass is 16.5. The van der Waals surface area contributed by atoms with Crippen molar-refractivity contribution in [1.29, 1.82) is 0 Å². The summed E-state index contributed by atoms with van der Waals surface area (Å²) in [6, 6.07) is 5.23. The van der Waals surface area contributed by atoms with Crippen LogP contribution in [0.25, 0.3) is 0 Å². The number of nitrogen functional groups attached to an aromatic ring is 1. The van der Waals surface area contributed by atoms with Crippen LogP contribution in [-0.4, -0.2) is 18.7 Å². The summed E-state index contributed by atoms with van der Waals surface area (Å²) in [5, 5.41) is 0. The summed E-state index contributed by atoms with van der Waals surface area (Å²) >= 11 is 0. The Hall–Kier alpha value is -1.71. The Balaban J connectivity index is 2.16. The molecule has 0 aliphatic heterocycles. The van der Waals surface area contributed by atoms with Gasteiger partial charge in [0.15, 0.2) is 5.75 Å². The van der Waals surface area contributed by atoms with E-state index in [9.17, 15) is 4.79 Å². The number of benzene rings is 1. The summed E-state index contributed by atoms with van der Waals surface area (Å²) in [5.41, 5.74) is 6.93. The van der Waals surface area contributed by atoms with Gasteiger partial charge in [-0.05, 0) is 44.2 Å². The summed E-state index contributed by atoms with van der Waals surface area (Å²) in [7, 11) is 0. The third kappa shape index (κ3) is 3.90. The van der Waals surface area contributed by atoms with Crippen molar-refractivity contribution >= 4 is 11.7 Å². The Morgan fingerprint density at radius 1 is 1.33 bits per heavy atom. The lowest BCUT2D eigenvalue weighted by Gasteiger charge is -2.29. The number of carbonyl (C=O) groups is 1. The Morgan fingerprint density at radius 2 is 2.14 bits per heavy atom. The van der Waals surface area contributed by atoms with Crippen molar-refractivity contribution < 1.29 is 14.3 Å². The minimum Gasteiger partial charge on any atom is -0.487 e. The van der Waals surface area contributed by atoms with Gasteiger partial charge in [-0.3, -0.25) is 0 Å². The van der Waals surface area contributed by atoms with Crippen molar-refractivity contribution in [3.63, 3.8) is 0 Å². The number of rotatable bonds is 5. The molecule has 21 heavy (non-hydrogen) atoms. The van der Waals surface area contributed by atoms with E-state index in [1.165, 1.54) is 19.3 Å². The van der Waals surface area contributed by atoms with E-state index in [4.69, 9.17) is 15.2 Å². The van der Waals surface area contributed by atoms with Gasteiger partial charge in [0, 0.05) is 0 Å². The fourth-order valence-corrected chi connectivity index (χ4v) is 2.94. The van der Waals surface area contributed by atoms with Gasteiger partial charge in [0.2, 0.25) is 0 Å². The topological polar surface area (TPSA) is 61.5 Å². The molecular weight excluding hydrogens is 266 g/mol. The van der Waals surface area contributed by atoms with Gasteiger partial charge in [0.25, 0.3) is 0 Å². The number of esters is 1. The summed E-state index contributed by atoms with van der Waals surface area (Å²) in [6.07, 6.45) is 5.81. The van der Waals surface area contributed by atoms with Gasteiger partial charge in [0.1, 0.15) is 5.56 Å². The second kappa shape index (κ2) is 7.34. The van der Waals surface area contributed by atoms with Gasteiger partial charge in [-0.25, -0.2) is 4.79 Å². The zero-order valence-corrected chi connectivity index (χ0v) is 12.9. The highest BCUT2D eigenvalue weighted by molar-refractivity contribution is 5.94. The summed E-state index contributed by atoms with van der Waals surface area (Å²) in [5.74, 6) is 0.820. The molecule has 1 aromatic carbocycles. The predicted molar refractivity (Wildman–Crippen MR) is 83.5 cm³/mol. The maximum Gasteiger partial charge on any atom is 0.341 e. The average molecular weight is 291 g/mol. The number of hydrogen-bond donors (Lipinski definition) is 1. The third-order valence-corrected chi connectivity index (χ3v) is 4.14. The molecule has 4 nitrogen and oxygen atoms in total. The van der Waals surface area contributed by atoms with E-state index in [1.54, 1.807) is 25.1 Å². The fraction of sp³-hybridized carbons (Fsp3) is 0.588. The highest BCUT2D eigenvalue weighted by Gasteiger charge is 2.25. The Kier molecular flexibility index (Phi) is 5.48. The number of ether oxygens (including phenoxy) is 2. The van der Waals surface area contributed by atoms with E-state index in [1.807, 2.05) is 0 Å². The van der Waals surface area contributed by atoms with Crippen molar-refractivity contribution in [3.8, 4) is 5.75 Å². The van der Waals surface area contributed by atoms with Crippen LogP contribution in [0.1, 0.15) is 56.3 Å². The lowest BCUT2D eigenvalue weighted by Crippen LogP contribution is -2.26. The second-order valence-corrected chi connectivity index (χ2v) is 5.63. The molecule has 0 heterocycles. The van der Waals surface area contributed by atoms with Crippen LogP contribution in [0.2, 0.25) is 0 Å². The molecule has 116 valence electrons. The molecule has 2 atom stereocenters. The fourth-order valence-electron chi connectivity index (χ4n) is 2.94. The van der Waals surface area contributed by atoms with Crippen LogP contribution in [0, 0.1) is 5.92 Å². The maximum absolute atomic E-state index is 12.0. The van der Waals surface area contributed by atoms with Crippen molar-refractivity contribution in [2.75, 3.05) is 12.3 Å². The molecule has 0 saturated heterocycles. The Labute approximate surface area is 126 Å². The van der Waals surface area contributed by atoms with Gasteiger partial charge in [-0.15, -0.1) is 0 Å². The zero-order valence-electron chi connectivity index (χ0n) is 12.9. The molecule has 1 aromatic rings. The van der Waals surface area contributed by atoms with Crippen molar-refractivity contribution in [1.82, 2.24) is 0 Å². The van der Waals surface area contributed by atoms with Crippen molar-refractivity contribution in [3.05, 3.63) is 23.8 Å². The van der Waals surface area contributed by atoms with E-state index in [0.29, 0.717) is 29.5 Å². The van der Waals surface area contributed by atoms with Crippen LogP contribution >= 0.6 is 0 Å². The summed E-state index contributed by atoms with van der Waals surface area (Å²) < 4.78 is 11.2. The molecule has 0 radical (unpaired) electrons. The van der Waals surface area contributed by atoms with E-state index in [2.05, 4.69) is 6.92 Å². The largest absolute Gasteiger partial charge is 0.487 e. The van der Waals surface area contributed by atoms with Crippen LogP contribution in [0.3, 0.4) is 0 Å². The minimum atomic E-state index is -0.373. The van der Waals surface area contributed by atoms with Crippen molar-refractivity contribution in [2.24, 2.45) is 5.92 Å². The van der Waals surface area contributed by atoms with E-state index in [0.717, 1.165) is 12.8 Å². The first-order chi connectivity index (χ1) is 10.2. The smallest absolute Gasteiger partial charge is 0.341 e. The van der Waals surface area contributed by atoms with Crippen LogP contribution < -0.4 is 10.5 Å². The van der Waals surface area contributed by atoms with Crippen molar-refractivity contribution in [2.45, 2.75) is 52.1 Å². The molecule has 2 unspecified atom stereocenters. The quantitative estimate of drug-likeness (QED) is 0.662. The first kappa shape index (κ1) is 15.7. The number of anilines is 1. The molecule has 0 spiro atoms. The van der Waals surface area contributed by atoms with Crippen LogP contribution in [0.15, 0.2) is 18.2 Å². The minimum absolute atomic E-state index is 0.140. The molecule has 4 heteroatoms. The average Bonchev–Trinajstić information content (AvgIpc) is 2.49. The third-order valence-electron chi connectivity index (χ3n) is 4.14. The molecule has 2 N–H and O–H groups in total. The number of para-hydroxylation sites is 1. The predicted octanol–water partition coefficient (Wildman–Crippen LogP) is 3.79. The number of nitrogens with two attached hydrogens (primary N) is 1. The van der Waals surface area contributed by atoms with Crippen LogP contribution in [0.4, 0.5) is 5.69 Å². The number of hydrogen-bond acceptors (Lipinski definition) is 4. The molecule has 1 aliphatic carbocycles. The molecule has 1 aliphatic rings. The van der Waals surface area contributed by atoms with Crippen LogP contribution in [-0.2, 0) is 4.74 Å². The zero-order chi connectivity index (χ0) is 15.2. The highest BCUT2D eigenvalue weighted by Crippen LogP contribution is 2.34. The SMILES string of the molecule is CCOC(=O)c1cccc(N)c1OC1CCCC(CC)C1. The first-order valence-electron chi connectivity index (χ1n) is 7.87. The van der Waals surface area contributed by atoms with E-state index >= 15 is 0 Å². The maximum atomic E-state index is 12.0. The molecule has 1 saturated carbocycles. The molecular formula is C17H25NO3. The summed E-state index contributed by atoms with van der Waals surface area (Å²) in [4.78, 5) is 12.0. The van der Waals surface area contributed by atoms with Gasteiger partial charge in [-0.2, -0.15) is 0 Å². The number of carbonyl (C=O) groups excluding carboxylic acids is 1. The molecule has 1 fully saturated rings. The van der Waals surface area contributed by atoms with Crippen LogP contribution in [0.5, 0.6) is 5.75 Å². The molecule has 0 amide bonds. The van der Waals surface area contributed by atoms with Gasteiger partial charge < -0.3 is 15.2 Å². The second-order valence-electron chi connectivity index (χ2n) is 5.63. The first-order valence-corrected chi connectivity index (χ1v) is 7.87. The van der Waals surface area contributed by atoms with E-state index < -0.39 is 0 Å². The molecule has 0 bridgehead atoms. The Bertz CT molecular complexity index is 487. The lowest BCUT2D eigenvalue weighted by atomic mass is 9.85. The molecule has 2 rings (SSSR count). The normalized spacial score (nSPS) is 21.8. The summed E-state index contributed by atoms with van der Waals surface area (Å²) in [6.45, 7) is 4.35. The van der Waals surface area contributed by atoms with Gasteiger partial charge in [-0.1, -0.05) is 25.8 Å². The Morgan fingerprint density at radius 3 is 2.86 bits per heavy atom. The van der Waals surface area contributed by atoms with Gasteiger partial charge >= 0.3 is 5.97 Å². The monoisotopic (exact) mass is 291 g/mol. The van der Waals surface area contributed by atoms with E-state index in [-0.39, 0.29) is 12.1 Å². The van der Waals surface area contributed by atoms with Gasteiger partial charge in [0.05, 0.1) is 18.4 Å².